The van der Waals surface area contributed by atoms with Gasteiger partial charge >= 0.3 is 0 Å². The average molecular weight is 723 g/mol. The molecule has 0 amide bonds. The van der Waals surface area contributed by atoms with Crippen LogP contribution in [0.4, 0.5) is 0 Å². The van der Waals surface area contributed by atoms with Crippen molar-refractivity contribution in [2.75, 3.05) is 0 Å². The van der Waals surface area contributed by atoms with E-state index < -0.39 is 0 Å². The highest BCUT2D eigenvalue weighted by atomic mass is 16.3. The Morgan fingerprint density at radius 2 is 0.719 bits per heavy atom. The minimum Gasteiger partial charge on any atom is -0.455 e. The van der Waals surface area contributed by atoms with Gasteiger partial charge in [0.05, 0.1) is 0 Å². The summed E-state index contributed by atoms with van der Waals surface area (Å²) in [6, 6.07) is 75.2. The van der Waals surface area contributed by atoms with E-state index in [1.165, 1.54) is 87.2 Å². The highest BCUT2D eigenvalue weighted by Crippen LogP contribution is 2.46. The van der Waals surface area contributed by atoms with Crippen LogP contribution in [0, 0.1) is 0 Å². The molecule has 0 N–H and O–H groups in total. The minimum atomic E-state index is 0.904. The Balaban J connectivity index is 0.996. The van der Waals surface area contributed by atoms with Crippen LogP contribution in [-0.2, 0) is 0 Å². The van der Waals surface area contributed by atoms with Crippen molar-refractivity contribution in [2.24, 2.45) is 0 Å². The lowest BCUT2D eigenvalue weighted by Crippen LogP contribution is -1.91. The van der Waals surface area contributed by atoms with Gasteiger partial charge < -0.3 is 4.42 Å². The second-order valence-corrected chi connectivity index (χ2v) is 15.2. The summed E-state index contributed by atoms with van der Waals surface area (Å²) in [6.45, 7) is 0. The number of fused-ring (bicyclic) bond motifs is 11. The number of benzene rings is 11. The van der Waals surface area contributed by atoms with E-state index in [-0.39, 0.29) is 0 Å². The summed E-state index contributed by atoms with van der Waals surface area (Å²) < 4.78 is 6.77. The molecule has 264 valence electrons. The van der Waals surface area contributed by atoms with Crippen LogP contribution in [0.3, 0.4) is 0 Å². The molecule has 57 heavy (non-hydrogen) atoms. The minimum absolute atomic E-state index is 0.904. The van der Waals surface area contributed by atoms with E-state index >= 15 is 0 Å². The Bertz CT molecular complexity index is 3510. The maximum Gasteiger partial charge on any atom is 0.143 e. The molecule has 0 saturated carbocycles. The van der Waals surface area contributed by atoms with E-state index in [9.17, 15) is 0 Å². The quantitative estimate of drug-likeness (QED) is 0.130. The predicted molar refractivity (Wildman–Crippen MR) is 243 cm³/mol. The molecule has 12 aromatic rings. The van der Waals surface area contributed by atoms with Crippen molar-refractivity contribution in [3.63, 3.8) is 0 Å². The molecular formula is C56H34O. The smallest absolute Gasteiger partial charge is 0.143 e. The van der Waals surface area contributed by atoms with Gasteiger partial charge in [-0.1, -0.05) is 182 Å². The van der Waals surface area contributed by atoms with E-state index in [0.29, 0.717) is 0 Å². The highest BCUT2D eigenvalue weighted by molar-refractivity contribution is 6.30. The molecular weight excluding hydrogens is 689 g/mol. The van der Waals surface area contributed by atoms with Gasteiger partial charge in [0.25, 0.3) is 0 Å². The fourth-order valence-electron chi connectivity index (χ4n) is 9.39. The van der Waals surface area contributed by atoms with Gasteiger partial charge in [0.15, 0.2) is 0 Å². The lowest BCUT2D eigenvalue weighted by molar-refractivity contribution is 0.673. The van der Waals surface area contributed by atoms with E-state index in [0.717, 1.165) is 33.1 Å². The van der Waals surface area contributed by atoms with Gasteiger partial charge in [0.2, 0.25) is 0 Å². The molecule has 0 aliphatic rings. The number of hydrogen-bond acceptors (Lipinski definition) is 1. The fraction of sp³-hybridized carbons (Fsp3) is 0. The molecule has 0 saturated heterocycles. The molecule has 0 aliphatic heterocycles. The van der Waals surface area contributed by atoms with Crippen LogP contribution in [0.1, 0.15) is 0 Å². The lowest BCUT2D eigenvalue weighted by Gasteiger charge is -2.18. The molecule has 0 radical (unpaired) electrons. The third kappa shape index (κ3) is 4.96. The molecule has 12 rings (SSSR count). The van der Waals surface area contributed by atoms with Crippen LogP contribution in [0.5, 0.6) is 0 Å². The van der Waals surface area contributed by atoms with Gasteiger partial charge in [-0.2, -0.15) is 0 Å². The Kier molecular flexibility index (Phi) is 7.00. The van der Waals surface area contributed by atoms with Crippen molar-refractivity contribution in [2.45, 2.75) is 0 Å². The van der Waals surface area contributed by atoms with Crippen molar-refractivity contribution in [1.29, 1.82) is 0 Å². The monoisotopic (exact) mass is 722 g/mol. The van der Waals surface area contributed by atoms with E-state index in [1.807, 2.05) is 0 Å². The molecule has 1 aromatic heterocycles. The van der Waals surface area contributed by atoms with Gasteiger partial charge in [-0.15, -0.1) is 0 Å². The first-order chi connectivity index (χ1) is 28.3. The maximum absolute atomic E-state index is 6.77. The van der Waals surface area contributed by atoms with Gasteiger partial charge in [0, 0.05) is 16.2 Å². The van der Waals surface area contributed by atoms with Gasteiger partial charge in [0.1, 0.15) is 11.2 Å². The maximum atomic E-state index is 6.77. The molecule has 0 bridgehead atoms. The summed E-state index contributed by atoms with van der Waals surface area (Å²) in [5.74, 6) is 0. The molecule has 11 aromatic carbocycles. The second-order valence-electron chi connectivity index (χ2n) is 15.2. The topological polar surface area (TPSA) is 13.1 Å². The SMILES string of the molecule is c1cc(-c2ccc3c(c2)oc2c4ccccc4c4ccccc4c32)cc(-c2c3ccccc3c(-c3ccc(-c4ccc5ccccc5c4)cc3)c3ccccc23)c1. The number of furan rings is 1. The number of rotatable bonds is 4. The predicted octanol–water partition coefficient (Wildman–Crippen LogP) is 16.0. The summed E-state index contributed by atoms with van der Waals surface area (Å²) in [6.07, 6.45) is 0. The van der Waals surface area contributed by atoms with E-state index in [1.54, 1.807) is 0 Å². The van der Waals surface area contributed by atoms with E-state index in [4.69, 9.17) is 4.42 Å². The second kappa shape index (κ2) is 12.5. The molecule has 1 heterocycles. The number of hydrogen-bond donors (Lipinski definition) is 0. The van der Waals surface area contributed by atoms with Crippen molar-refractivity contribution in [3.05, 3.63) is 206 Å². The molecule has 0 fully saturated rings. The summed E-state index contributed by atoms with van der Waals surface area (Å²) in [7, 11) is 0. The lowest BCUT2D eigenvalue weighted by atomic mass is 9.85. The molecule has 0 atom stereocenters. The third-order valence-corrected chi connectivity index (χ3v) is 12.0. The highest BCUT2D eigenvalue weighted by Gasteiger charge is 2.19. The van der Waals surface area contributed by atoms with Gasteiger partial charge in [-0.3, -0.25) is 0 Å². The summed E-state index contributed by atoms with van der Waals surface area (Å²) in [5.41, 5.74) is 11.5. The average Bonchev–Trinajstić information content (AvgIpc) is 3.68. The first-order valence-electron chi connectivity index (χ1n) is 19.7. The fourth-order valence-corrected chi connectivity index (χ4v) is 9.39. The van der Waals surface area contributed by atoms with Crippen LogP contribution in [-0.4, -0.2) is 0 Å². The standard InChI is InChI=1S/C56H34O/c1-2-13-38-32-40(29-26-35(38)12-1)36-24-27-37(28-25-36)53-46-19-6-8-21-48(46)54(49-22-9-7-20-47(49)53)42-15-11-14-39(33-42)41-30-31-51-52(34-41)57-56-50-23-10-4-17-44(50)43-16-3-5-18-45(43)55(51)56/h1-34H. The van der Waals surface area contributed by atoms with Crippen LogP contribution in [0.25, 0.3) is 120 Å². The van der Waals surface area contributed by atoms with Crippen molar-refractivity contribution >= 4 is 75.8 Å². The normalized spacial score (nSPS) is 11.9. The molecule has 0 spiro atoms. The van der Waals surface area contributed by atoms with E-state index in [2.05, 4.69) is 206 Å². The Morgan fingerprint density at radius 1 is 0.246 bits per heavy atom. The molecule has 0 aliphatic carbocycles. The first-order valence-corrected chi connectivity index (χ1v) is 19.7. The van der Waals surface area contributed by atoms with Crippen LogP contribution < -0.4 is 0 Å². The molecule has 0 unspecified atom stereocenters. The summed E-state index contributed by atoms with van der Waals surface area (Å²) >= 11 is 0. The zero-order chi connectivity index (χ0) is 37.5. The van der Waals surface area contributed by atoms with Gasteiger partial charge in [-0.05, 0) is 117 Å². The molecule has 1 nitrogen and oxygen atoms in total. The zero-order valence-corrected chi connectivity index (χ0v) is 31.0. The Hall–Kier alpha value is -7.48. The summed E-state index contributed by atoms with van der Waals surface area (Å²) in [5, 5.41) is 14.7. The Labute approximate surface area is 329 Å². The van der Waals surface area contributed by atoms with Crippen LogP contribution in [0.15, 0.2) is 211 Å². The van der Waals surface area contributed by atoms with Crippen LogP contribution >= 0.6 is 0 Å². The van der Waals surface area contributed by atoms with Crippen molar-refractivity contribution < 1.29 is 4.42 Å². The van der Waals surface area contributed by atoms with Crippen molar-refractivity contribution in [1.82, 2.24) is 0 Å². The van der Waals surface area contributed by atoms with Crippen molar-refractivity contribution in [3.8, 4) is 44.5 Å². The largest absolute Gasteiger partial charge is 0.455 e. The first kappa shape index (κ1) is 31.8. The third-order valence-electron chi connectivity index (χ3n) is 12.0. The summed E-state index contributed by atoms with van der Waals surface area (Å²) in [4.78, 5) is 0. The van der Waals surface area contributed by atoms with Crippen LogP contribution in [0.2, 0.25) is 0 Å². The molecule has 1 heteroatoms. The zero-order valence-electron chi connectivity index (χ0n) is 31.0. The van der Waals surface area contributed by atoms with Gasteiger partial charge in [-0.25, -0.2) is 0 Å². The Morgan fingerprint density at radius 3 is 1.42 bits per heavy atom.